The van der Waals surface area contributed by atoms with Crippen molar-refractivity contribution in [3.05, 3.63) is 47.7 Å². The standard InChI is InChI=1S/C22H32ClN7O4S/c1-5-17(9-8-16(4)29-35(32,33)13-15(2)3)12-25-22(31)34-11-7-6-10-30-14-26-18-19(24)27-21(23)28-20(18)30/h5,8-9,14-15,29H,4,6-7,10-13H2,1-3H3,(H,25,31)(H2,24,27,28)/b9-8-,17-5+. The summed E-state index contributed by atoms with van der Waals surface area (Å²) < 4.78 is 33.4. The molecule has 2 aromatic rings. The van der Waals surface area contributed by atoms with E-state index >= 15 is 0 Å². The minimum Gasteiger partial charge on any atom is -0.450 e. The van der Waals surface area contributed by atoms with E-state index in [2.05, 4.69) is 31.6 Å². The number of allylic oxidation sites excluding steroid dienone is 2. The zero-order chi connectivity index (χ0) is 26.0. The molecule has 0 radical (unpaired) electrons. The van der Waals surface area contributed by atoms with Crippen molar-refractivity contribution in [3.8, 4) is 0 Å². The third kappa shape index (κ3) is 9.57. The molecule has 0 fully saturated rings. The number of sulfonamides is 1. The third-order valence-electron chi connectivity index (χ3n) is 4.64. The molecular formula is C22H32ClN7O4S. The number of hydrogen-bond donors (Lipinski definition) is 3. The van der Waals surface area contributed by atoms with Crippen LogP contribution in [0.1, 0.15) is 33.6 Å². The molecule has 2 rings (SSSR count). The number of rotatable bonds is 13. The number of aryl methyl sites for hydroxylation is 1. The molecule has 0 spiro atoms. The summed E-state index contributed by atoms with van der Waals surface area (Å²) in [6.07, 6.45) is 7.45. The van der Waals surface area contributed by atoms with Gasteiger partial charge in [-0.15, -0.1) is 0 Å². The SMILES string of the molecule is C=C(/C=C\C(=C/C)CNC(=O)OCCCCn1cnc2c(N)nc(Cl)nc21)NS(=O)(=O)CC(C)C. The van der Waals surface area contributed by atoms with Gasteiger partial charge in [-0.1, -0.05) is 32.6 Å². The summed E-state index contributed by atoms with van der Waals surface area (Å²) in [5.41, 5.74) is 7.86. The van der Waals surface area contributed by atoms with Gasteiger partial charge in [-0.3, -0.25) is 4.72 Å². The van der Waals surface area contributed by atoms with Gasteiger partial charge < -0.3 is 20.4 Å². The van der Waals surface area contributed by atoms with Crippen LogP contribution >= 0.6 is 11.6 Å². The number of hydrogen-bond acceptors (Lipinski definition) is 8. The number of nitrogens with zero attached hydrogens (tertiary/aromatic N) is 4. The number of aromatic nitrogens is 4. The van der Waals surface area contributed by atoms with Crippen molar-refractivity contribution < 1.29 is 17.9 Å². The number of nitrogen functional groups attached to an aromatic ring is 1. The normalized spacial score (nSPS) is 12.4. The lowest BCUT2D eigenvalue weighted by molar-refractivity contribution is 0.144. The lowest BCUT2D eigenvalue weighted by atomic mass is 10.2. The summed E-state index contributed by atoms with van der Waals surface area (Å²) in [5.74, 6) is 0.246. The molecule has 11 nitrogen and oxygen atoms in total. The summed E-state index contributed by atoms with van der Waals surface area (Å²) >= 11 is 5.86. The van der Waals surface area contributed by atoms with Crippen molar-refractivity contribution in [2.75, 3.05) is 24.6 Å². The quantitative estimate of drug-likeness (QED) is 0.204. The van der Waals surface area contributed by atoms with Crippen LogP contribution in [-0.4, -0.2) is 52.9 Å². The Hall–Kier alpha value is -3.12. The molecule has 1 amide bonds. The van der Waals surface area contributed by atoms with Gasteiger partial charge in [0, 0.05) is 18.8 Å². The maximum atomic E-state index is 12.0. The molecule has 2 heterocycles. The highest BCUT2D eigenvalue weighted by molar-refractivity contribution is 7.89. The van der Waals surface area contributed by atoms with Crippen LogP contribution in [0.4, 0.5) is 10.6 Å². The van der Waals surface area contributed by atoms with Crippen molar-refractivity contribution in [2.24, 2.45) is 5.92 Å². The van der Waals surface area contributed by atoms with Crippen molar-refractivity contribution in [1.29, 1.82) is 0 Å². The van der Waals surface area contributed by atoms with E-state index in [9.17, 15) is 13.2 Å². The number of carbonyl (C=O) groups excluding carboxylic acids is 1. The van der Waals surface area contributed by atoms with Crippen LogP contribution in [0.2, 0.25) is 5.28 Å². The van der Waals surface area contributed by atoms with Gasteiger partial charge in [-0.25, -0.2) is 18.2 Å². The van der Waals surface area contributed by atoms with E-state index in [1.165, 1.54) is 0 Å². The third-order valence-corrected chi connectivity index (χ3v) is 6.48. The Labute approximate surface area is 210 Å². The highest BCUT2D eigenvalue weighted by Crippen LogP contribution is 2.18. The number of alkyl carbamates (subject to hydrolysis) is 1. The first kappa shape index (κ1) is 28.1. The first-order valence-corrected chi connectivity index (χ1v) is 13.1. The van der Waals surface area contributed by atoms with Gasteiger partial charge in [0.2, 0.25) is 15.3 Å². The molecular weight excluding hydrogens is 494 g/mol. The molecule has 0 aliphatic rings. The Kier molecular flexibility index (Phi) is 10.5. The van der Waals surface area contributed by atoms with E-state index in [4.69, 9.17) is 22.1 Å². The van der Waals surface area contributed by atoms with Crippen LogP contribution in [-0.2, 0) is 21.3 Å². The van der Waals surface area contributed by atoms with Gasteiger partial charge in [0.05, 0.1) is 18.7 Å². The molecule has 0 unspecified atom stereocenters. The van der Waals surface area contributed by atoms with Crippen molar-refractivity contribution >= 4 is 44.7 Å². The summed E-state index contributed by atoms with van der Waals surface area (Å²) in [6.45, 7) is 10.2. The Morgan fingerprint density at radius 3 is 2.74 bits per heavy atom. The van der Waals surface area contributed by atoms with E-state index in [1.807, 2.05) is 25.3 Å². The monoisotopic (exact) mass is 525 g/mol. The van der Waals surface area contributed by atoms with Gasteiger partial charge >= 0.3 is 6.09 Å². The largest absolute Gasteiger partial charge is 0.450 e. The number of nitrogens with one attached hydrogen (secondary N) is 2. The topological polar surface area (TPSA) is 154 Å². The number of unbranched alkanes of at least 4 members (excludes halogenated alkanes) is 1. The Balaban J connectivity index is 1.70. The van der Waals surface area contributed by atoms with E-state index in [0.29, 0.717) is 24.1 Å². The fourth-order valence-electron chi connectivity index (χ4n) is 3.06. The molecule has 35 heavy (non-hydrogen) atoms. The van der Waals surface area contributed by atoms with Gasteiger partial charge in [-0.05, 0) is 48.9 Å². The maximum absolute atomic E-state index is 12.0. The molecule has 0 aliphatic carbocycles. The second kappa shape index (κ2) is 13.1. The molecule has 4 N–H and O–H groups in total. The number of imidazole rings is 1. The van der Waals surface area contributed by atoms with E-state index in [0.717, 1.165) is 12.0 Å². The van der Waals surface area contributed by atoms with Gasteiger partial charge in [0.25, 0.3) is 0 Å². The van der Waals surface area contributed by atoms with E-state index in [1.54, 1.807) is 24.6 Å². The lowest BCUT2D eigenvalue weighted by Crippen LogP contribution is -2.27. The molecule has 192 valence electrons. The predicted molar refractivity (Wildman–Crippen MR) is 137 cm³/mol. The fourth-order valence-corrected chi connectivity index (χ4v) is 4.66. The first-order valence-electron chi connectivity index (χ1n) is 11.1. The molecule has 0 atom stereocenters. The minimum atomic E-state index is -3.44. The maximum Gasteiger partial charge on any atom is 0.407 e. The molecule has 0 saturated heterocycles. The van der Waals surface area contributed by atoms with Crippen LogP contribution in [0, 0.1) is 5.92 Å². The van der Waals surface area contributed by atoms with Gasteiger partial charge in [-0.2, -0.15) is 9.97 Å². The lowest BCUT2D eigenvalue weighted by Gasteiger charge is -2.10. The fraction of sp³-hybridized carbons (Fsp3) is 0.455. The second-order valence-electron chi connectivity index (χ2n) is 8.18. The molecule has 0 aromatic carbocycles. The summed E-state index contributed by atoms with van der Waals surface area (Å²) in [7, 11) is -3.44. The molecule has 0 aliphatic heterocycles. The number of ether oxygens (including phenoxy) is 1. The number of nitrogens with two attached hydrogens (primary N) is 1. The van der Waals surface area contributed by atoms with Crippen LogP contribution < -0.4 is 15.8 Å². The van der Waals surface area contributed by atoms with Crippen molar-refractivity contribution in [1.82, 2.24) is 29.6 Å². The minimum absolute atomic E-state index is 0.00407. The van der Waals surface area contributed by atoms with E-state index < -0.39 is 16.1 Å². The Bertz CT molecular complexity index is 1210. The van der Waals surface area contributed by atoms with Gasteiger partial charge in [0.15, 0.2) is 11.5 Å². The molecule has 0 bridgehead atoms. The van der Waals surface area contributed by atoms with Crippen molar-refractivity contribution in [3.63, 3.8) is 0 Å². The zero-order valence-electron chi connectivity index (χ0n) is 20.1. The van der Waals surface area contributed by atoms with Crippen LogP contribution in [0.15, 0.2) is 42.4 Å². The first-order chi connectivity index (χ1) is 16.5. The van der Waals surface area contributed by atoms with Crippen LogP contribution in [0.3, 0.4) is 0 Å². The Morgan fingerprint density at radius 2 is 2.06 bits per heavy atom. The average Bonchev–Trinajstić information content (AvgIpc) is 3.15. The van der Waals surface area contributed by atoms with Crippen LogP contribution in [0.25, 0.3) is 11.2 Å². The summed E-state index contributed by atoms with van der Waals surface area (Å²) in [4.78, 5) is 24.2. The molecule has 2 aromatic heterocycles. The smallest absolute Gasteiger partial charge is 0.407 e. The van der Waals surface area contributed by atoms with Crippen LogP contribution in [0.5, 0.6) is 0 Å². The number of carbonyl (C=O) groups is 1. The zero-order valence-corrected chi connectivity index (χ0v) is 21.7. The second-order valence-corrected chi connectivity index (χ2v) is 10.3. The summed E-state index contributed by atoms with van der Waals surface area (Å²) in [6, 6.07) is 0. The average molecular weight is 526 g/mol. The number of fused-ring (bicyclic) bond motifs is 1. The summed E-state index contributed by atoms with van der Waals surface area (Å²) in [5, 5.41) is 2.72. The predicted octanol–water partition coefficient (Wildman–Crippen LogP) is 3.16. The highest BCUT2D eigenvalue weighted by Gasteiger charge is 2.12. The van der Waals surface area contributed by atoms with Crippen molar-refractivity contribution in [2.45, 2.75) is 40.2 Å². The number of halogens is 1. The molecule has 13 heteroatoms. The Morgan fingerprint density at radius 1 is 1.31 bits per heavy atom. The number of amides is 1. The number of anilines is 1. The van der Waals surface area contributed by atoms with Gasteiger partial charge in [0.1, 0.15) is 5.52 Å². The van der Waals surface area contributed by atoms with E-state index in [-0.39, 0.29) is 41.6 Å². The molecule has 0 saturated carbocycles. The highest BCUT2D eigenvalue weighted by atomic mass is 35.5.